The molecule has 3 rings (SSSR count). The molecule has 0 amide bonds. The van der Waals surface area contributed by atoms with Crippen LogP contribution in [0, 0.1) is 0 Å². The number of aromatic amines is 1. The Balaban J connectivity index is 0.00000120. The summed E-state index contributed by atoms with van der Waals surface area (Å²) in [5.41, 5.74) is 14.4. The molecule has 6 heteroatoms. The third-order valence-corrected chi connectivity index (χ3v) is 2.71. The molecule has 18 heavy (non-hydrogen) atoms. The van der Waals surface area contributed by atoms with E-state index in [1.54, 1.807) is 6.20 Å². The predicted octanol–water partition coefficient (Wildman–Crippen LogP) is 2.21. The average molecular weight is 262 g/mol. The van der Waals surface area contributed by atoms with E-state index in [0.29, 0.717) is 11.6 Å². The minimum absolute atomic E-state index is 0. The van der Waals surface area contributed by atoms with Crippen molar-refractivity contribution in [1.29, 1.82) is 0 Å². The van der Waals surface area contributed by atoms with Crippen LogP contribution in [-0.4, -0.2) is 15.2 Å². The van der Waals surface area contributed by atoms with Crippen LogP contribution in [0.25, 0.3) is 22.0 Å². The Morgan fingerprint density at radius 1 is 1.00 bits per heavy atom. The minimum Gasteiger partial charge on any atom is -0.384 e. The van der Waals surface area contributed by atoms with Crippen molar-refractivity contribution in [2.75, 3.05) is 11.5 Å². The first-order valence-corrected chi connectivity index (χ1v) is 5.19. The number of aromatic nitrogens is 3. The average Bonchev–Trinajstić information content (AvgIpc) is 2.71. The van der Waals surface area contributed by atoms with Gasteiger partial charge in [-0.1, -0.05) is 6.07 Å². The zero-order valence-corrected chi connectivity index (χ0v) is 10.2. The lowest BCUT2D eigenvalue weighted by atomic mass is 10.1. The third kappa shape index (κ3) is 1.96. The van der Waals surface area contributed by atoms with E-state index in [1.807, 2.05) is 30.3 Å². The van der Waals surface area contributed by atoms with Crippen molar-refractivity contribution in [3.05, 3.63) is 36.5 Å². The zero-order chi connectivity index (χ0) is 11.8. The highest BCUT2D eigenvalue weighted by molar-refractivity contribution is 5.91. The number of pyridine rings is 1. The molecular formula is C12H12ClN5. The number of H-pyrrole nitrogens is 1. The summed E-state index contributed by atoms with van der Waals surface area (Å²) in [7, 11) is 0. The summed E-state index contributed by atoms with van der Waals surface area (Å²) in [4.78, 5) is 3.97. The van der Waals surface area contributed by atoms with Gasteiger partial charge in [-0.05, 0) is 35.4 Å². The van der Waals surface area contributed by atoms with Gasteiger partial charge in [0.15, 0.2) is 5.82 Å². The van der Waals surface area contributed by atoms with Gasteiger partial charge in [-0.3, -0.25) is 5.10 Å². The van der Waals surface area contributed by atoms with E-state index >= 15 is 0 Å². The molecule has 5 nitrogen and oxygen atoms in total. The fourth-order valence-corrected chi connectivity index (χ4v) is 1.85. The number of benzene rings is 1. The Morgan fingerprint density at radius 3 is 2.56 bits per heavy atom. The number of nitrogen functional groups attached to an aromatic ring is 2. The number of rotatable bonds is 1. The monoisotopic (exact) mass is 261 g/mol. The third-order valence-electron chi connectivity index (χ3n) is 2.71. The summed E-state index contributed by atoms with van der Waals surface area (Å²) < 4.78 is 0. The first kappa shape index (κ1) is 12.2. The van der Waals surface area contributed by atoms with Gasteiger partial charge in [0.1, 0.15) is 5.82 Å². The van der Waals surface area contributed by atoms with E-state index in [0.717, 1.165) is 22.0 Å². The van der Waals surface area contributed by atoms with Crippen molar-refractivity contribution < 1.29 is 0 Å². The molecule has 92 valence electrons. The Labute approximate surface area is 110 Å². The van der Waals surface area contributed by atoms with E-state index in [2.05, 4.69) is 15.2 Å². The maximum absolute atomic E-state index is 5.72. The minimum atomic E-state index is 0. The van der Waals surface area contributed by atoms with Crippen LogP contribution in [0.1, 0.15) is 0 Å². The molecule has 0 unspecified atom stereocenters. The second-order valence-corrected chi connectivity index (χ2v) is 3.84. The van der Waals surface area contributed by atoms with E-state index in [9.17, 15) is 0 Å². The van der Waals surface area contributed by atoms with Gasteiger partial charge in [-0.15, -0.1) is 12.4 Å². The molecule has 0 fully saturated rings. The standard InChI is InChI=1S/C12H11N5.ClH/c13-11-6-8(3-4-15-11)7-1-2-9-10(5-7)16-17-12(9)14;/h1-6H,(H2,13,15)(H3,14,16,17);1H. The van der Waals surface area contributed by atoms with Crippen molar-refractivity contribution in [1.82, 2.24) is 15.2 Å². The molecule has 3 aromatic rings. The van der Waals surface area contributed by atoms with Gasteiger partial charge in [0, 0.05) is 11.6 Å². The summed E-state index contributed by atoms with van der Waals surface area (Å²) >= 11 is 0. The quantitative estimate of drug-likeness (QED) is 0.626. The Bertz CT molecular complexity index is 692. The largest absolute Gasteiger partial charge is 0.384 e. The number of nitrogens with zero attached hydrogens (tertiary/aromatic N) is 2. The van der Waals surface area contributed by atoms with Gasteiger partial charge in [0.25, 0.3) is 0 Å². The van der Waals surface area contributed by atoms with Crippen LogP contribution >= 0.6 is 12.4 Å². The highest BCUT2D eigenvalue weighted by Gasteiger charge is 2.04. The molecule has 0 bridgehead atoms. The topological polar surface area (TPSA) is 93.6 Å². The number of hydrogen-bond donors (Lipinski definition) is 3. The molecule has 0 aliphatic carbocycles. The SMILES string of the molecule is Cl.Nc1cc(-c2ccc3c(N)n[nH]c3c2)ccn1. The van der Waals surface area contributed by atoms with Gasteiger partial charge in [-0.25, -0.2) is 4.98 Å². The lowest BCUT2D eigenvalue weighted by Crippen LogP contribution is -1.89. The summed E-state index contributed by atoms with van der Waals surface area (Å²) in [5.74, 6) is 1.02. The molecule has 0 atom stereocenters. The van der Waals surface area contributed by atoms with Gasteiger partial charge in [0.2, 0.25) is 0 Å². The first-order valence-electron chi connectivity index (χ1n) is 5.19. The molecule has 0 saturated heterocycles. The molecule has 0 aliphatic rings. The lowest BCUT2D eigenvalue weighted by Gasteiger charge is -2.02. The van der Waals surface area contributed by atoms with E-state index in [1.165, 1.54) is 0 Å². The molecule has 1 aromatic carbocycles. The van der Waals surface area contributed by atoms with Gasteiger partial charge < -0.3 is 11.5 Å². The van der Waals surface area contributed by atoms with Crippen LogP contribution in [0.5, 0.6) is 0 Å². The van der Waals surface area contributed by atoms with Crippen molar-refractivity contribution in [2.45, 2.75) is 0 Å². The fourth-order valence-electron chi connectivity index (χ4n) is 1.85. The summed E-state index contributed by atoms with van der Waals surface area (Å²) in [6, 6.07) is 9.68. The Morgan fingerprint density at radius 2 is 1.78 bits per heavy atom. The van der Waals surface area contributed by atoms with Crippen molar-refractivity contribution in [2.24, 2.45) is 0 Å². The zero-order valence-electron chi connectivity index (χ0n) is 9.42. The van der Waals surface area contributed by atoms with Crippen molar-refractivity contribution in [3.63, 3.8) is 0 Å². The van der Waals surface area contributed by atoms with Gasteiger partial charge in [-0.2, -0.15) is 5.10 Å². The first-order chi connectivity index (χ1) is 8.24. The maximum Gasteiger partial charge on any atom is 0.153 e. The van der Waals surface area contributed by atoms with Gasteiger partial charge >= 0.3 is 0 Å². The van der Waals surface area contributed by atoms with Crippen LogP contribution in [0.3, 0.4) is 0 Å². The number of nitrogens with one attached hydrogen (secondary N) is 1. The summed E-state index contributed by atoms with van der Waals surface area (Å²) in [6.45, 7) is 0. The van der Waals surface area contributed by atoms with E-state index in [-0.39, 0.29) is 12.4 Å². The molecular weight excluding hydrogens is 250 g/mol. The van der Waals surface area contributed by atoms with Crippen LogP contribution < -0.4 is 11.5 Å². The van der Waals surface area contributed by atoms with E-state index in [4.69, 9.17) is 11.5 Å². The number of hydrogen-bond acceptors (Lipinski definition) is 4. The number of nitrogens with two attached hydrogens (primary N) is 2. The molecule has 0 spiro atoms. The highest BCUT2D eigenvalue weighted by Crippen LogP contribution is 2.26. The normalized spacial score (nSPS) is 10.2. The van der Waals surface area contributed by atoms with Crippen LogP contribution in [0.15, 0.2) is 36.5 Å². The lowest BCUT2D eigenvalue weighted by molar-refractivity contribution is 1.13. The Hall–Kier alpha value is -2.27. The molecule has 0 radical (unpaired) electrons. The van der Waals surface area contributed by atoms with Crippen molar-refractivity contribution in [3.8, 4) is 11.1 Å². The molecule has 0 aliphatic heterocycles. The molecule has 0 saturated carbocycles. The molecule has 2 aromatic heterocycles. The van der Waals surface area contributed by atoms with Gasteiger partial charge in [0.05, 0.1) is 5.52 Å². The smallest absolute Gasteiger partial charge is 0.153 e. The fraction of sp³-hybridized carbons (Fsp3) is 0. The molecule has 5 N–H and O–H groups in total. The second-order valence-electron chi connectivity index (χ2n) is 3.84. The number of anilines is 2. The highest BCUT2D eigenvalue weighted by atomic mass is 35.5. The van der Waals surface area contributed by atoms with Crippen LogP contribution in [0.4, 0.5) is 11.6 Å². The van der Waals surface area contributed by atoms with Crippen molar-refractivity contribution >= 4 is 34.9 Å². The summed E-state index contributed by atoms with van der Waals surface area (Å²) in [5, 5.41) is 7.78. The second kappa shape index (κ2) is 4.54. The van der Waals surface area contributed by atoms with Crippen LogP contribution in [-0.2, 0) is 0 Å². The predicted molar refractivity (Wildman–Crippen MR) is 75.4 cm³/mol. The Kier molecular flexibility index (Phi) is 3.08. The summed E-state index contributed by atoms with van der Waals surface area (Å²) in [6.07, 6.45) is 1.69. The number of halogens is 1. The van der Waals surface area contributed by atoms with E-state index < -0.39 is 0 Å². The number of fused-ring (bicyclic) bond motifs is 1. The maximum atomic E-state index is 5.72. The van der Waals surface area contributed by atoms with Crippen LogP contribution in [0.2, 0.25) is 0 Å². The molecule has 2 heterocycles.